The molecule has 0 bridgehead atoms. The summed E-state index contributed by atoms with van der Waals surface area (Å²) < 4.78 is 10.6. The van der Waals surface area contributed by atoms with Gasteiger partial charge in [0, 0.05) is 12.1 Å². The van der Waals surface area contributed by atoms with E-state index >= 15 is 0 Å². The van der Waals surface area contributed by atoms with Crippen LogP contribution in [0.25, 0.3) is 10.8 Å². The van der Waals surface area contributed by atoms with Crippen molar-refractivity contribution in [2.24, 2.45) is 0 Å². The number of nitro groups is 1. The summed E-state index contributed by atoms with van der Waals surface area (Å²) in [5.41, 5.74) is 0.215. The monoisotopic (exact) mass is 323 g/mol. The van der Waals surface area contributed by atoms with E-state index in [9.17, 15) is 14.9 Å². The number of fused-ring (bicyclic) bond motifs is 1. The Hall–Kier alpha value is -3.41. The minimum atomic E-state index is -0.591. The van der Waals surface area contributed by atoms with E-state index in [1.165, 1.54) is 31.4 Å². The number of hydrogen-bond donors (Lipinski definition) is 0. The molecule has 0 spiro atoms. The number of methoxy groups -OCH3 is 1. The molecule has 3 rings (SSSR count). The van der Waals surface area contributed by atoms with Gasteiger partial charge in [0.1, 0.15) is 17.1 Å². The Morgan fingerprint density at radius 2 is 1.62 bits per heavy atom. The van der Waals surface area contributed by atoms with Crippen LogP contribution in [0.2, 0.25) is 0 Å². The van der Waals surface area contributed by atoms with E-state index in [-0.39, 0.29) is 17.0 Å². The molecule has 6 nitrogen and oxygen atoms in total. The summed E-state index contributed by atoms with van der Waals surface area (Å²) in [4.78, 5) is 22.5. The van der Waals surface area contributed by atoms with Crippen molar-refractivity contribution in [3.05, 3.63) is 76.3 Å². The number of ether oxygens (including phenoxy) is 2. The highest BCUT2D eigenvalue weighted by Crippen LogP contribution is 2.27. The number of benzene rings is 3. The zero-order valence-electron chi connectivity index (χ0n) is 12.8. The first-order valence-electron chi connectivity index (χ1n) is 7.12. The van der Waals surface area contributed by atoms with E-state index in [1.807, 2.05) is 24.3 Å². The lowest BCUT2D eigenvalue weighted by molar-refractivity contribution is -0.384. The third kappa shape index (κ3) is 3.03. The number of nitro benzene ring substituents is 1. The van der Waals surface area contributed by atoms with Gasteiger partial charge in [-0.3, -0.25) is 10.1 Å². The summed E-state index contributed by atoms with van der Waals surface area (Å²) in [5, 5.41) is 12.5. The molecule has 24 heavy (non-hydrogen) atoms. The molecule has 0 N–H and O–H groups in total. The molecule has 0 aromatic heterocycles. The van der Waals surface area contributed by atoms with E-state index in [0.29, 0.717) is 5.75 Å². The Kier molecular flexibility index (Phi) is 4.11. The lowest BCUT2D eigenvalue weighted by atomic mass is 10.1. The molecule has 0 aliphatic heterocycles. The fourth-order valence-corrected chi connectivity index (χ4v) is 2.35. The van der Waals surface area contributed by atoms with Gasteiger partial charge < -0.3 is 9.47 Å². The van der Waals surface area contributed by atoms with Crippen LogP contribution in [0.1, 0.15) is 10.4 Å². The second-order valence-corrected chi connectivity index (χ2v) is 5.04. The van der Waals surface area contributed by atoms with Crippen molar-refractivity contribution in [2.45, 2.75) is 0 Å². The standard InChI is InChI=1S/C18H13NO5/c1-23-17-11-13-5-3-2-4-12(13)10-16(17)18(20)24-15-8-6-14(7-9-15)19(21)22/h2-11H,1H3. The van der Waals surface area contributed by atoms with Crippen molar-refractivity contribution in [1.82, 2.24) is 0 Å². The fourth-order valence-electron chi connectivity index (χ4n) is 2.35. The number of non-ortho nitro benzene ring substituents is 1. The average molecular weight is 323 g/mol. The Morgan fingerprint density at radius 1 is 1.00 bits per heavy atom. The van der Waals surface area contributed by atoms with Crippen LogP contribution in [0.15, 0.2) is 60.7 Å². The first-order chi connectivity index (χ1) is 11.6. The van der Waals surface area contributed by atoms with E-state index in [1.54, 1.807) is 12.1 Å². The van der Waals surface area contributed by atoms with Crippen LogP contribution in [0.4, 0.5) is 5.69 Å². The third-order valence-corrected chi connectivity index (χ3v) is 3.55. The minimum Gasteiger partial charge on any atom is -0.496 e. The number of hydrogen-bond acceptors (Lipinski definition) is 5. The summed E-state index contributed by atoms with van der Waals surface area (Å²) in [5.74, 6) is 0.0351. The highest BCUT2D eigenvalue weighted by atomic mass is 16.6. The zero-order chi connectivity index (χ0) is 17.1. The molecule has 0 fully saturated rings. The summed E-state index contributed by atoms with van der Waals surface area (Å²) in [6, 6.07) is 16.4. The first-order valence-corrected chi connectivity index (χ1v) is 7.12. The van der Waals surface area contributed by atoms with Crippen molar-refractivity contribution in [3.8, 4) is 11.5 Å². The number of carbonyl (C=O) groups is 1. The molecule has 0 saturated carbocycles. The quantitative estimate of drug-likeness (QED) is 0.314. The molecule has 120 valence electrons. The van der Waals surface area contributed by atoms with Gasteiger partial charge in [-0.2, -0.15) is 0 Å². The van der Waals surface area contributed by atoms with Crippen molar-refractivity contribution < 1.29 is 19.2 Å². The molecule has 0 aliphatic carbocycles. The van der Waals surface area contributed by atoms with Gasteiger partial charge in [0.2, 0.25) is 0 Å². The van der Waals surface area contributed by atoms with Gasteiger partial charge in [-0.1, -0.05) is 24.3 Å². The lowest BCUT2D eigenvalue weighted by Crippen LogP contribution is -2.10. The van der Waals surface area contributed by atoms with Gasteiger partial charge in [0.25, 0.3) is 5.69 Å². The lowest BCUT2D eigenvalue weighted by Gasteiger charge is -2.10. The minimum absolute atomic E-state index is 0.0712. The second-order valence-electron chi connectivity index (χ2n) is 5.04. The largest absolute Gasteiger partial charge is 0.496 e. The molecular weight excluding hydrogens is 310 g/mol. The van der Waals surface area contributed by atoms with Crippen LogP contribution in [-0.2, 0) is 0 Å². The molecule has 3 aromatic rings. The summed E-state index contributed by atoms with van der Waals surface area (Å²) in [6.07, 6.45) is 0. The molecule has 0 unspecified atom stereocenters. The number of nitrogens with zero attached hydrogens (tertiary/aromatic N) is 1. The molecule has 0 amide bonds. The SMILES string of the molecule is COc1cc2ccccc2cc1C(=O)Oc1ccc([N+](=O)[O-])cc1. The zero-order valence-corrected chi connectivity index (χ0v) is 12.8. The van der Waals surface area contributed by atoms with Gasteiger partial charge in [-0.25, -0.2) is 4.79 Å². The van der Waals surface area contributed by atoms with Crippen LogP contribution < -0.4 is 9.47 Å². The van der Waals surface area contributed by atoms with E-state index in [0.717, 1.165) is 10.8 Å². The highest BCUT2D eigenvalue weighted by molar-refractivity contribution is 5.99. The predicted octanol–water partition coefficient (Wildman–Crippen LogP) is 3.98. The second kappa shape index (κ2) is 6.37. The molecule has 0 radical (unpaired) electrons. The number of carbonyl (C=O) groups excluding carboxylic acids is 1. The van der Waals surface area contributed by atoms with E-state index in [4.69, 9.17) is 9.47 Å². The summed E-state index contributed by atoms with van der Waals surface area (Å²) in [7, 11) is 1.48. The maximum Gasteiger partial charge on any atom is 0.347 e. The van der Waals surface area contributed by atoms with Gasteiger partial charge >= 0.3 is 5.97 Å². The van der Waals surface area contributed by atoms with Crippen LogP contribution in [0.5, 0.6) is 11.5 Å². The van der Waals surface area contributed by atoms with E-state index < -0.39 is 10.9 Å². The number of esters is 1. The van der Waals surface area contributed by atoms with Crippen LogP contribution in [0, 0.1) is 10.1 Å². The highest BCUT2D eigenvalue weighted by Gasteiger charge is 2.16. The van der Waals surface area contributed by atoms with Gasteiger partial charge in [-0.05, 0) is 35.0 Å². The maximum atomic E-state index is 12.4. The Labute approximate surface area is 137 Å². The van der Waals surface area contributed by atoms with Gasteiger partial charge in [0.05, 0.1) is 12.0 Å². The Balaban J connectivity index is 1.91. The van der Waals surface area contributed by atoms with Crippen LogP contribution >= 0.6 is 0 Å². The molecule has 3 aromatic carbocycles. The van der Waals surface area contributed by atoms with Crippen molar-refractivity contribution in [3.63, 3.8) is 0 Å². The molecule has 0 aliphatic rings. The predicted molar refractivity (Wildman–Crippen MR) is 88.6 cm³/mol. The van der Waals surface area contributed by atoms with Crippen molar-refractivity contribution in [2.75, 3.05) is 7.11 Å². The van der Waals surface area contributed by atoms with Gasteiger partial charge in [-0.15, -0.1) is 0 Å². The van der Waals surface area contributed by atoms with Crippen LogP contribution in [-0.4, -0.2) is 18.0 Å². The first kappa shape index (κ1) is 15.5. The summed E-state index contributed by atoms with van der Waals surface area (Å²) in [6.45, 7) is 0. The van der Waals surface area contributed by atoms with Crippen LogP contribution in [0.3, 0.4) is 0 Å². The van der Waals surface area contributed by atoms with Gasteiger partial charge in [0.15, 0.2) is 0 Å². The molecule has 0 saturated heterocycles. The average Bonchev–Trinajstić information content (AvgIpc) is 2.61. The molecule has 6 heteroatoms. The summed E-state index contributed by atoms with van der Waals surface area (Å²) >= 11 is 0. The van der Waals surface area contributed by atoms with Crippen molar-refractivity contribution in [1.29, 1.82) is 0 Å². The third-order valence-electron chi connectivity index (χ3n) is 3.55. The smallest absolute Gasteiger partial charge is 0.347 e. The molecule has 0 heterocycles. The molecular formula is C18H13NO5. The Bertz CT molecular complexity index is 918. The Morgan fingerprint density at radius 3 is 2.21 bits per heavy atom. The normalized spacial score (nSPS) is 10.4. The number of rotatable bonds is 4. The van der Waals surface area contributed by atoms with E-state index in [2.05, 4.69) is 0 Å². The van der Waals surface area contributed by atoms with Crippen molar-refractivity contribution >= 4 is 22.4 Å². The topological polar surface area (TPSA) is 78.7 Å². The fraction of sp³-hybridized carbons (Fsp3) is 0.0556. The molecule has 0 atom stereocenters. The maximum absolute atomic E-state index is 12.4.